The van der Waals surface area contributed by atoms with E-state index >= 15 is 0 Å². The molecular formula is C19H16ClN3O2. The van der Waals surface area contributed by atoms with Crippen molar-refractivity contribution >= 4 is 17.5 Å². The van der Waals surface area contributed by atoms with E-state index < -0.39 is 0 Å². The van der Waals surface area contributed by atoms with Gasteiger partial charge in [0.2, 0.25) is 5.88 Å². The fourth-order valence-electron chi connectivity index (χ4n) is 2.66. The maximum Gasteiger partial charge on any atom is 0.256 e. The first-order valence-electron chi connectivity index (χ1n) is 7.74. The number of carbonyl (C=O) groups is 1. The molecule has 6 heteroatoms. The number of carbonyl (C=O) groups excluding carboxylic acids is 1. The summed E-state index contributed by atoms with van der Waals surface area (Å²) < 4.78 is 7.34. The minimum Gasteiger partial charge on any atom is -0.443 e. The largest absolute Gasteiger partial charge is 0.443 e. The quantitative estimate of drug-likeness (QED) is 0.755. The van der Waals surface area contributed by atoms with Gasteiger partial charge in [-0.25, -0.2) is 0 Å². The maximum atomic E-state index is 12.7. The molecule has 2 heterocycles. The number of aryl methyl sites for hydroxylation is 1. The third-order valence-corrected chi connectivity index (χ3v) is 4.21. The molecule has 1 aromatic carbocycles. The molecule has 3 aromatic rings. The minimum absolute atomic E-state index is 0.217. The van der Waals surface area contributed by atoms with Gasteiger partial charge < -0.3 is 9.73 Å². The van der Waals surface area contributed by atoms with E-state index in [1.807, 2.05) is 31.2 Å². The SMILES string of the molecule is Cc1oc(-n2cccc2)c(C#N)c1C(=O)NC(C)c1ccc(Cl)cc1. The topological polar surface area (TPSA) is 71.0 Å². The summed E-state index contributed by atoms with van der Waals surface area (Å²) in [7, 11) is 0. The first-order chi connectivity index (χ1) is 12.0. The van der Waals surface area contributed by atoms with Gasteiger partial charge in [-0.15, -0.1) is 0 Å². The highest BCUT2D eigenvalue weighted by atomic mass is 35.5. The Kier molecular flexibility index (Phi) is 4.64. The smallest absolute Gasteiger partial charge is 0.256 e. The van der Waals surface area contributed by atoms with Crippen molar-refractivity contribution in [1.82, 2.24) is 9.88 Å². The number of furan rings is 1. The van der Waals surface area contributed by atoms with E-state index in [0.29, 0.717) is 16.7 Å². The molecule has 1 unspecified atom stereocenters. The number of aromatic nitrogens is 1. The molecule has 5 nitrogen and oxygen atoms in total. The van der Waals surface area contributed by atoms with Crippen molar-refractivity contribution in [3.05, 3.63) is 76.3 Å². The van der Waals surface area contributed by atoms with Gasteiger partial charge in [0, 0.05) is 17.4 Å². The standard InChI is InChI=1S/C19H16ClN3O2/c1-12(14-5-7-15(20)8-6-14)22-18(24)17-13(2)25-19(16(17)11-21)23-9-3-4-10-23/h3-10,12H,1-2H3,(H,22,24). The third-order valence-electron chi connectivity index (χ3n) is 3.96. The fraction of sp³-hybridized carbons (Fsp3) is 0.158. The average Bonchev–Trinajstić information content (AvgIpc) is 3.22. The van der Waals surface area contributed by atoms with Crippen LogP contribution in [0.5, 0.6) is 0 Å². The average molecular weight is 354 g/mol. The number of halogens is 1. The number of hydrogen-bond donors (Lipinski definition) is 1. The number of amides is 1. The summed E-state index contributed by atoms with van der Waals surface area (Å²) in [6.45, 7) is 3.55. The van der Waals surface area contributed by atoms with Crippen molar-refractivity contribution in [3.8, 4) is 12.0 Å². The second kappa shape index (κ2) is 6.88. The number of nitrogens with one attached hydrogen (secondary N) is 1. The number of benzene rings is 1. The molecule has 3 rings (SSSR count). The molecule has 0 saturated carbocycles. The summed E-state index contributed by atoms with van der Waals surface area (Å²) in [5.41, 5.74) is 1.39. The van der Waals surface area contributed by atoms with Gasteiger partial charge in [-0.05, 0) is 43.7 Å². The van der Waals surface area contributed by atoms with Gasteiger partial charge in [-0.3, -0.25) is 9.36 Å². The van der Waals surface area contributed by atoms with E-state index in [1.54, 1.807) is 36.0 Å². The molecule has 1 atom stereocenters. The van der Waals surface area contributed by atoms with E-state index in [9.17, 15) is 10.1 Å². The lowest BCUT2D eigenvalue weighted by molar-refractivity contribution is 0.0938. The zero-order chi connectivity index (χ0) is 18.0. The molecule has 2 aromatic heterocycles. The monoisotopic (exact) mass is 353 g/mol. The van der Waals surface area contributed by atoms with Crippen molar-refractivity contribution in [1.29, 1.82) is 5.26 Å². The molecule has 0 spiro atoms. The van der Waals surface area contributed by atoms with Crippen LogP contribution in [0.25, 0.3) is 5.88 Å². The summed E-state index contributed by atoms with van der Waals surface area (Å²) in [5.74, 6) is 0.397. The summed E-state index contributed by atoms with van der Waals surface area (Å²) in [4.78, 5) is 12.7. The Bertz CT molecular complexity index is 934. The number of hydrogen-bond acceptors (Lipinski definition) is 3. The molecule has 0 aliphatic heterocycles. The van der Waals surface area contributed by atoms with Crippen molar-refractivity contribution in [2.24, 2.45) is 0 Å². The van der Waals surface area contributed by atoms with Crippen LogP contribution in [-0.2, 0) is 0 Å². The predicted octanol–water partition coefficient (Wildman–Crippen LogP) is 4.39. The van der Waals surface area contributed by atoms with Crippen LogP contribution < -0.4 is 5.32 Å². The Hall–Kier alpha value is -2.97. The minimum atomic E-state index is -0.348. The maximum absolute atomic E-state index is 12.7. The Labute approximate surface area is 150 Å². The van der Waals surface area contributed by atoms with Crippen molar-refractivity contribution < 1.29 is 9.21 Å². The molecule has 0 fully saturated rings. The zero-order valence-corrected chi connectivity index (χ0v) is 14.5. The molecule has 1 N–H and O–H groups in total. The van der Waals surface area contributed by atoms with Crippen molar-refractivity contribution in [3.63, 3.8) is 0 Å². The van der Waals surface area contributed by atoms with Crippen LogP contribution in [0, 0.1) is 18.3 Å². The van der Waals surface area contributed by atoms with Gasteiger partial charge in [0.15, 0.2) is 0 Å². The lowest BCUT2D eigenvalue weighted by Crippen LogP contribution is -2.27. The Morgan fingerprint density at radius 1 is 1.28 bits per heavy atom. The van der Waals surface area contributed by atoms with E-state index in [2.05, 4.69) is 11.4 Å². The van der Waals surface area contributed by atoms with Crippen molar-refractivity contribution in [2.45, 2.75) is 19.9 Å². The molecule has 0 radical (unpaired) electrons. The van der Waals surface area contributed by atoms with E-state index in [4.69, 9.17) is 16.0 Å². The summed E-state index contributed by atoms with van der Waals surface area (Å²) in [6, 6.07) is 12.7. The molecule has 0 aliphatic rings. The first kappa shape index (κ1) is 16.9. The summed E-state index contributed by atoms with van der Waals surface area (Å²) in [5, 5.41) is 13.1. The number of rotatable bonds is 4. The Morgan fingerprint density at radius 2 is 1.92 bits per heavy atom. The van der Waals surface area contributed by atoms with Crippen LogP contribution in [0.15, 0.2) is 53.2 Å². The highest BCUT2D eigenvalue weighted by Crippen LogP contribution is 2.26. The van der Waals surface area contributed by atoms with Crippen molar-refractivity contribution in [2.75, 3.05) is 0 Å². The number of nitrogens with zero attached hydrogens (tertiary/aromatic N) is 2. The second-order valence-corrected chi connectivity index (χ2v) is 6.10. The Balaban J connectivity index is 1.90. The van der Waals surface area contributed by atoms with E-state index in [0.717, 1.165) is 5.56 Å². The van der Waals surface area contributed by atoms with E-state index in [1.165, 1.54) is 0 Å². The van der Waals surface area contributed by atoms with Gasteiger partial charge in [-0.1, -0.05) is 23.7 Å². The molecule has 126 valence electrons. The van der Waals surface area contributed by atoms with Crippen LogP contribution >= 0.6 is 11.6 Å². The Morgan fingerprint density at radius 3 is 2.52 bits per heavy atom. The van der Waals surface area contributed by atoms with Gasteiger partial charge in [0.25, 0.3) is 5.91 Å². The normalized spacial score (nSPS) is 11.8. The van der Waals surface area contributed by atoms with Crippen LogP contribution in [-0.4, -0.2) is 10.5 Å². The molecule has 0 saturated heterocycles. The summed E-state index contributed by atoms with van der Waals surface area (Å²) >= 11 is 5.89. The third kappa shape index (κ3) is 3.30. The molecular weight excluding hydrogens is 338 g/mol. The highest BCUT2D eigenvalue weighted by molar-refractivity contribution is 6.30. The molecule has 0 aliphatic carbocycles. The first-order valence-corrected chi connectivity index (χ1v) is 8.12. The highest BCUT2D eigenvalue weighted by Gasteiger charge is 2.25. The summed E-state index contributed by atoms with van der Waals surface area (Å²) in [6.07, 6.45) is 3.52. The fourth-order valence-corrected chi connectivity index (χ4v) is 2.79. The van der Waals surface area contributed by atoms with Crippen LogP contribution in [0.3, 0.4) is 0 Å². The lowest BCUT2D eigenvalue weighted by atomic mass is 10.1. The van der Waals surface area contributed by atoms with E-state index in [-0.39, 0.29) is 23.1 Å². The predicted molar refractivity (Wildman–Crippen MR) is 94.8 cm³/mol. The zero-order valence-electron chi connectivity index (χ0n) is 13.8. The van der Waals surface area contributed by atoms with Gasteiger partial charge >= 0.3 is 0 Å². The lowest BCUT2D eigenvalue weighted by Gasteiger charge is -2.14. The van der Waals surface area contributed by atoms with Crippen LogP contribution in [0.2, 0.25) is 5.02 Å². The second-order valence-electron chi connectivity index (χ2n) is 5.66. The molecule has 0 bridgehead atoms. The van der Waals surface area contributed by atoms with Crippen LogP contribution in [0.1, 0.15) is 40.2 Å². The van der Waals surface area contributed by atoms with Gasteiger partial charge in [-0.2, -0.15) is 5.26 Å². The van der Waals surface area contributed by atoms with Gasteiger partial charge in [0.05, 0.1) is 6.04 Å². The molecule has 25 heavy (non-hydrogen) atoms. The molecule has 1 amide bonds. The van der Waals surface area contributed by atoms with Gasteiger partial charge in [0.1, 0.15) is 23.0 Å². The number of nitriles is 1. The van der Waals surface area contributed by atoms with Crippen LogP contribution in [0.4, 0.5) is 0 Å².